The van der Waals surface area contributed by atoms with Gasteiger partial charge in [-0.3, -0.25) is 4.79 Å². The van der Waals surface area contributed by atoms with Crippen LogP contribution in [0.25, 0.3) is 16.3 Å². The monoisotopic (exact) mass is 688 g/mol. The van der Waals surface area contributed by atoms with Gasteiger partial charge in [-0.05, 0) is 48.9 Å². The van der Waals surface area contributed by atoms with E-state index in [2.05, 4.69) is 70.5 Å². The Morgan fingerprint density at radius 2 is 1.67 bits per heavy atom. The lowest BCUT2D eigenvalue weighted by molar-refractivity contribution is -0.664. The van der Waals surface area contributed by atoms with Crippen LogP contribution in [0.2, 0.25) is 0 Å². The number of aromatic nitrogens is 1. The molecule has 0 saturated heterocycles. The number of carbonyl (C=O) groups excluding carboxylic acids is 1. The fraction of sp³-hybridized carbons (Fsp3) is 0.258. The van der Waals surface area contributed by atoms with Crippen molar-refractivity contribution >= 4 is 104 Å². The number of rotatable bonds is 16. The molecule has 0 atom stereocenters. The quantitative estimate of drug-likeness (QED) is 0.0778. The van der Waals surface area contributed by atoms with Gasteiger partial charge < -0.3 is 19.9 Å². The third kappa shape index (κ3) is 9.89. The molecule has 12 heteroatoms. The third-order valence-electron chi connectivity index (χ3n) is 6.16. The lowest BCUT2D eigenvalue weighted by Crippen LogP contribution is -2.36. The van der Waals surface area contributed by atoms with Gasteiger partial charge in [-0.15, -0.1) is 47.0 Å². The van der Waals surface area contributed by atoms with Gasteiger partial charge >= 0.3 is 5.97 Å². The smallest absolute Gasteiger partial charge is 0.313 e. The molecule has 0 spiro atoms. The minimum Gasteiger partial charge on any atom is -0.549 e. The van der Waals surface area contributed by atoms with Gasteiger partial charge in [0.05, 0.1) is 28.2 Å². The summed E-state index contributed by atoms with van der Waals surface area (Å²) in [5.74, 6) is -0.292. The number of aryl methyl sites for hydroxylation is 1. The molecule has 43 heavy (non-hydrogen) atoms. The highest BCUT2D eigenvalue weighted by Gasteiger charge is 2.25. The first kappa shape index (κ1) is 33.7. The van der Waals surface area contributed by atoms with Crippen molar-refractivity contribution in [2.24, 2.45) is 0 Å². The first-order valence-electron chi connectivity index (χ1n) is 13.3. The van der Waals surface area contributed by atoms with Crippen LogP contribution in [0.3, 0.4) is 0 Å². The second-order valence-corrected chi connectivity index (χ2v) is 15.1. The Morgan fingerprint density at radius 1 is 0.953 bits per heavy atom. The number of benzene rings is 2. The van der Waals surface area contributed by atoms with E-state index in [1.54, 1.807) is 46.6 Å². The molecule has 1 aliphatic rings. The molecule has 6 nitrogen and oxygen atoms in total. The summed E-state index contributed by atoms with van der Waals surface area (Å²) in [6.45, 7) is 1.46. The zero-order valence-electron chi connectivity index (χ0n) is 23.8. The standard InChI is InChI=1S/C31H32N2O4S6/c1-38-22-10-12-26-24(18-22)32(14-16-40-20-30(34)35)28(42-26)8-6-4-3-5-7-9-29-33(15-17-41-21-31(36)37)25-19-23(39-2)11-13-27(25)43-29/h3-13,18-19H,14-17,20-21H2,1-2H3,(H-,34,35,36,37). The van der Waals surface area contributed by atoms with Crippen LogP contribution >= 0.6 is 70.1 Å². The first-order chi connectivity index (χ1) is 20.9. The van der Waals surface area contributed by atoms with E-state index in [1.807, 2.05) is 30.4 Å². The summed E-state index contributed by atoms with van der Waals surface area (Å²) in [4.78, 5) is 27.6. The molecule has 0 radical (unpaired) electrons. The molecule has 3 aromatic rings. The summed E-state index contributed by atoms with van der Waals surface area (Å²) in [6.07, 6.45) is 18.4. The molecule has 0 saturated carbocycles. The number of carboxylic acid groups (broad SMARTS) is 2. The zero-order valence-corrected chi connectivity index (χ0v) is 28.7. The molecule has 0 amide bonds. The molecule has 0 aliphatic carbocycles. The number of anilines is 1. The lowest BCUT2D eigenvalue weighted by atomic mass is 10.3. The fourth-order valence-corrected chi connectivity index (χ4v) is 8.50. The number of thioether (sulfide) groups is 5. The van der Waals surface area contributed by atoms with Gasteiger partial charge in [0.25, 0.3) is 5.01 Å². The number of aliphatic carboxylic acids is 2. The van der Waals surface area contributed by atoms with Crippen LogP contribution < -0.4 is 14.6 Å². The van der Waals surface area contributed by atoms with Crippen LogP contribution in [0.15, 0.2) is 92.6 Å². The maximum absolute atomic E-state index is 10.9. The van der Waals surface area contributed by atoms with Crippen LogP contribution in [0.1, 0.15) is 5.01 Å². The van der Waals surface area contributed by atoms with Crippen molar-refractivity contribution in [2.45, 2.75) is 21.2 Å². The summed E-state index contributed by atoms with van der Waals surface area (Å²) in [5.41, 5.74) is 2.33. The molecule has 0 unspecified atom stereocenters. The van der Waals surface area contributed by atoms with E-state index in [-0.39, 0.29) is 11.5 Å². The van der Waals surface area contributed by atoms with E-state index < -0.39 is 11.9 Å². The van der Waals surface area contributed by atoms with Crippen molar-refractivity contribution in [3.05, 3.63) is 82.9 Å². The highest BCUT2D eigenvalue weighted by Crippen LogP contribution is 2.47. The summed E-state index contributed by atoms with van der Waals surface area (Å²) >= 11 is 9.68. The van der Waals surface area contributed by atoms with E-state index in [0.717, 1.165) is 34.4 Å². The average molecular weight is 689 g/mol. The number of fused-ring (bicyclic) bond motifs is 2. The van der Waals surface area contributed by atoms with Crippen LogP contribution in [0.4, 0.5) is 5.69 Å². The van der Waals surface area contributed by atoms with Crippen molar-refractivity contribution in [3.8, 4) is 0 Å². The second kappa shape index (κ2) is 17.3. The van der Waals surface area contributed by atoms with Gasteiger partial charge in [-0.2, -0.15) is 4.57 Å². The third-order valence-corrected chi connectivity index (χ3v) is 11.7. The Balaban J connectivity index is 1.43. The topological polar surface area (TPSA) is 84.6 Å². The number of hydrogen-bond acceptors (Lipinski definition) is 10. The van der Waals surface area contributed by atoms with Crippen LogP contribution in [0.5, 0.6) is 0 Å². The van der Waals surface area contributed by atoms with Crippen molar-refractivity contribution < 1.29 is 24.4 Å². The molecule has 2 aromatic carbocycles. The van der Waals surface area contributed by atoms with Gasteiger partial charge in [0.2, 0.25) is 5.52 Å². The van der Waals surface area contributed by atoms with E-state index in [4.69, 9.17) is 5.11 Å². The molecule has 1 aromatic heterocycles. The highest BCUT2D eigenvalue weighted by molar-refractivity contribution is 8.03. The summed E-state index contributed by atoms with van der Waals surface area (Å²) in [6, 6.07) is 13.0. The number of nitrogens with zero attached hydrogens (tertiary/aromatic N) is 2. The molecule has 0 fully saturated rings. The highest BCUT2D eigenvalue weighted by atomic mass is 32.2. The molecular formula is C31H32N2O4S6. The SMILES string of the molecule is CSc1ccc2c(c1)N(CCSCC(=O)O)/C(=C/C=C/C=C/C=C/c1sc3ccc(SC)cc3[n+]1CCSCC(=O)[O-])S2. The second-order valence-electron chi connectivity index (χ2n) is 9.02. The van der Waals surface area contributed by atoms with E-state index in [1.165, 1.54) is 48.6 Å². The van der Waals surface area contributed by atoms with Gasteiger partial charge in [-0.1, -0.05) is 53.5 Å². The number of carboxylic acids is 2. The summed E-state index contributed by atoms with van der Waals surface area (Å²) in [7, 11) is 0. The van der Waals surface area contributed by atoms with Crippen molar-refractivity contribution in [2.75, 3.05) is 47.0 Å². The lowest BCUT2D eigenvalue weighted by Gasteiger charge is -2.20. The molecular weight excluding hydrogens is 657 g/mol. The van der Waals surface area contributed by atoms with Crippen molar-refractivity contribution in [1.29, 1.82) is 0 Å². The molecule has 226 valence electrons. The molecule has 2 heterocycles. The molecule has 1 aliphatic heterocycles. The van der Waals surface area contributed by atoms with Crippen molar-refractivity contribution in [3.63, 3.8) is 0 Å². The van der Waals surface area contributed by atoms with E-state index in [0.29, 0.717) is 5.75 Å². The maximum atomic E-state index is 10.9. The molecule has 1 N–H and O–H groups in total. The van der Waals surface area contributed by atoms with Crippen molar-refractivity contribution in [1.82, 2.24) is 0 Å². The Morgan fingerprint density at radius 3 is 2.44 bits per heavy atom. The largest absolute Gasteiger partial charge is 0.549 e. The maximum Gasteiger partial charge on any atom is 0.313 e. The Bertz CT molecular complexity index is 1560. The van der Waals surface area contributed by atoms with Gasteiger partial charge in [0.15, 0.2) is 6.54 Å². The number of allylic oxidation sites excluding steroid dienone is 6. The number of thiazole rings is 1. The average Bonchev–Trinajstić information content (AvgIpc) is 3.52. The fourth-order valence-electron chi connectivity index (χ4n) is 4.22. The van der Waals surface area contributed by atoms with Gasteiger partial charge in [-0.25, -0.2) is 0 Å². The number of carbonyl (C=O) groups is 2. The first-order valence-corrected chi connectivity index (χ1v) is 19.7. The molecule has 0 bridgehead atoms. The van der Waals surface area contributed by atoms with Gasteiger partial charge in [0, 0.05) is 44.9 Å². The Hall–Kier alpha value is -2.22. The van der Waals surface area contributed by atoms with E-state index in [9.17, 15) is 14.7 Å². The van der Waals surface area contributed by atoms with E-state index >= 15 is 0 Å². The predicted molar refractivity (Wildman–Crippen MR) is 188 cm³/mol. The van der Waals surface area contributed by atoms with Crippen LogP contribution in [0, 0.1) is 0 Å². The minimum absolute atomic E-state index is 0.0000154. The summed E-state index contributed by atoms with van der Waals surface area (Å²) < 4.78 is 3.45. The van der Waals surface area contributed by atoms with Gasteiger partial charge in [0.1, 0.15) is 4.70 Å². The van der Waals surface area contributed by atoms with Crippen LogP contribution in [-0.4, -0.2) is 59.1 Å². The summed E-state index contributed by atoms with van der Waals surface area (Å²) in [5, 5.41) is 22.0. The zero-order chi connectivity index (χ0) is 30.6. The minimum atomic E-state index is -1.04. The molecule has 4 rings (SSSR count). The Kier molecular flexibility index (Phi) is 13.6. The Labute approximate surface area is 277 Å². The normalized spacial score (nSPS) is 14.3. The predicted octanol–water partition coefficient (Wildman–Crippen LogP) is 6.51. The van der Waals surface area contributed by atoms with Crippen LogP contribution in [-0.2, 0) is 16.1 Å². The number of hydrogen-bond donors (Lipinski definition) is 1.